The van der Waals surface area contributed by atoms with Crippen molar-refractivity contribution in [3.63, 3.8) is 0 Å². The Hall–Kier alpha value is -2.51. The minimum atomic E-state index is -0.946. The third-order valence-electron chi connectivity index (χ3n) is 4.85. The van der Waals surface area contributed by atoms with E-state index in [9.17, 15) is 24.2 Å². The molecule has 2 rings (SSSR count). The zero-order valence-corrected chi connectivity index (χ0v) is 16.1. The minimum Gasteiger partial charge on any atom is -0.491 e. The number of carbonyl (C=O) groups is 2. The Morgan fingerprint density at radius 3 is 2.69 bits per heavy atom. The van der Waals surface area contributed by atoms with Crippen molar-refractivity contribution < 1.29 is 34.0 Å². The summed E-state index contributed by atoms with van der Waals surface area (Å²) in [6.45, 7) is -0.0419. The average molecular weight is 406 g/mol. The van der Waals surface area contributed by atoms with Crippen LogP contribution >= 0.6 is 0 Å². The second-order valence-corrected chi connectivity index (χ2v) is 7.14. The van der Waals surface area contributed by atoms with Crippen LogP contribution in [0.15, 0.2) is 48.6 Å². The van der Waals surface area contributed by atoms with Gasteiger partial charge in [-0.05, 0) is 43.5 Å². The fraction of sp³-hybridized carbons (Fsp3) is 0.455. The molecule has 0 radical (unpaired) electrons. The molecule has 0 bridgehead atoms. The molecule has 29 heavy (non-hydrogen) atoms. The first-order valence-electron chi connectivity index (χ1n) is 9.69. The maximum absolute atomic E-state index is 12.9. The molecule has 0 aliphatic heterocycles. The van der Waals surface area contributed by atoms with E-state index < -0.39 is 24.1 Å². The van der Waals surface area contributed by atoms with Gasteiger partial charge in [0.25, 0.3) is 0 Å². The average Bonchev–Trinajstić information content (AvgIpc) is 2.94. The molecule has 4 atom stereocenters. The predicted octanol–water partition coefficient (Wildman–Crippen LogP) is 2.89. The predicted molar refractivity (Wildman–Crippen MR) is 105 cm³/mol. The van der Waals surface area contributed by atoms with Crippen LogP contribution in [0, 0.1) is 17.7 Å². The van der Waals surface area contributed by atoms with Gasteiger partial charge in [0.15, 0.2) is 0 Å². The summed E-state index contributed by atoms with van der Waals surface area (Å²) < 4.78 is 18.2. The third-order valence-corrected chi connectivity index (χ3v) is 4.85. The van der Waals surface area contributed by atoms with Gasteiger partial charge in [-0.1, -0.05) is 24.3 Å². The van der Waals surface area contributed by atoms with Gasteiger partial charge in [0.1, 0.15) is 30.1 Å². The molecule has 1 aromatic rings. The molecule has 0 saturated heterocycles. The van der Waals surface area contributed by atoms with Crippen LogP contribution in [-0.4, -0.2) is 45.9 Å². The molecular formula is C22H27FO6. The zero-order valence-electron chi connectivity index (χ0n) is 16.1. The lowest BCUT2D eigenvalue weighted by Crippen LogP contribution is -2.20. The Bertz CT molecular complexity index is 727. The van der Waals surface area contributed by atoms with Crippen molar-refractivity contribution in [1.82, 2.24) is 0 Å². The standard InChI is InChI=1S/C22H27FO6/c23-15-7-10-17(11-8-15)29-14-16(24)9-12-19-18(20(25)13-21(19)26)5-3-1-2-4-6-22(27)28/h1,3,7-12,16,18-20,24-25H,2,4-6,13-14H2,(H,27,28)/b3-1-,12-9+/t16-,18+,19+,20-/m0/s1. The molecule has 0 unspecified atom stereocenters. The summed E-state index contributed by atoms with van der Waals surface area (Å²) in [6.07, 6.45) is 6.99. The van der Waals surface area contributed by atoms with E-state index in [-0.39, 0.29) is 37.0 Å². The van der Waals surface area contributed by atoms with E-state index in [1.807, 2.05) is 12.2 Å². The van der Waals surface area contributed by atoms with Crippen molar-refractivity contribution in [2.24, 2.45) is 11.8 Å². The van der Waals surface area contributed by atoms with E-state index in [1.165, 1.54) is 30.3 Å². The fourth-order valence-corrected chi connectivity index (χ4v) is 3.28. The molecule has 3 N–H and O–H groups in total. The number of unbranched alkanes of at least 4 members (excludes halogenated alkanes) is 1. The Morgan fingerprint density at radius 2 is 2.00 bits per heavy atom. The number of carboxylic acids is 1. The highest BCUT2D eigenvalue weighted by molar-refractivity contribution is 5.86. The number of carbonyl (C=O) groups excluding carboxylic acids is 1. The van der Waals surface area contributed by atoms with Gasteiger partial charge in [-0.2, -0.15) is 0 Å². The third kappa shape index (κ3) is 7.79. The number of halogens is 1. The highest BCUT2D eigenvalue weighted by atomic mass is 19.1. The van der Waals surface area contributed by atoms with E-state index in [4.69, 9.17) is 9.84 Å². The van der Waals surface area contributed by atoms with Crippen molar-refractivity contribution >= 4 is 11.8 Å². The number of benzene rings is 1. The molecule has 0 heterocycles. The Morgan fingerprint density at radius 1 is 1.28 bits per heavy atom. The van der Waals surface area contributed by atoms with Gasteiger partial charge in [0.2, 0.25) is 0 Å². The molecule has 1 saturated carbocycles. The molecule has 0 spiro atoms. The van der Waals surface area contributed by atoms with Crippen molar-refractivity contribution in [3.05, 3.63) is 54.4 Å². The first-order chi connectivity index (χ1) is 13.9. The second-order valence-electron chi connectivity index (χ2n) is 7.14. The summed E-state index contributed by atoms with van der Waals surface area (Å²) >= 11 is 0. The number of hydrogen-bond acceptors (Lipinski definition) is 5. The number of carboxylic acid groups (broad SMARTS) is 1. The molecule has 7 heteroatoms. The van der Waals surface area contributed by atoms with Crippen LogP contribution in [0.4, 0.5) is 4.39 Å². The van der Waals surface area contributed by atoms with Gasteiger partial charge >= 0.3 is 5.97 Å². The maximum atomic E-state index is 12.9. The maximum Gasteiger partial charge on any atom is 0.303 e. The quantitative estimate of drug-likeness (QED) is 0.386. The van der Waals surface area contributed by atoms with Gasteiger partial charge in [0, 0.05) is 24.7 Å². The van der Waals surface area contributed by atoms with Gasteiger partial charge in [-0.25, -0.2) is 4.39 Å². The number of aliphatic carboxylic acids is 1. The Balaban J connectivity index is 1.83. The van der Waals surface area contributed by atoms with Crippen LogP contribution in [0.2, 0.25) is 0 Å². The van der Waals surface area contributed by atoms with Gasteiger partial charge in [-0.15, -0.1) is 0 Å². The number of allylic oxidation sites excluding steroid dienone is 3. The summed E-state index contributed by atoms with van der Waals surface area (Å²) in [7, 11) is 0. The smallest absolute Gasteiger partial charge is 0.303 e. The number of ether oxygens (including phenoxy) is 1. The topological polar surface area (TPSA) is 104 Å². The van der Waals surface area contributed by atoms with E-state index in [2.05, 4.69) is 0 Å². The molecule has 6 nitrogen and oxygen atoms in total. The molecule has 1 aromatic carbocycles. The highest BCUT2D eigenvalue weighted by Crippen LogP contribution is 2.33. The number of Topliss-reactive ketones (excluding diaryl/α,β-unsaturated/α-hetero) is 1. The van der Waals surface area contributed by atoms with Crippen LogP contribution in [0.3, 0.4) is 0 Å². The highest BCUT2D eigenvalue weighted by Gasteiger charge is 2.39. The molecular weight excluding hydrogens is 379 g/mol. The summed E-state index contributed by atoms with van der Waals surface area (Å²) in [5.74, 6) is -1.63. The van der Waals surface area contributed by atoms with E-state index >= 15 is 0 Å². The number of aliphatic hydroxyl groups is 2. The van der Waals surface area contributed by atoms with Crippen LogP contribution < -0.4 is 4.74 Å². The van der Waals surface area contributed by atoms with Crippen LogP contribution in [0.1, 0.15) is 32.1 Å². The van der Waals surface area contributed by atoms with Crippen molar-refractivity contribution in [2.75, 3.05) is 6.61 Å². The lowest BCUT2D eigenvalue weighted by molar-refractivity contribution is -0.137. The number of rotatable bonds is 11. The van der Waals surface area contributed by atoms with Crippen LogP contribution in [-0.2, 0) is 9.59 Å². The van der Waals surface area contributed by atoms with Crippen LogP contribution in [0.25, 0.3) is 0 Å². The van der Waals surface area contributed by atoms with E-state index in [1.54, 1.807) is 6.08 Å². The lowest BCUT2D eigenvalue weighted by Gasteiger charge is -2.17. The number of ketones is 1. The Labute approximate surface area is 169 Å². The molecule has 1 fully saturated rings. The van der Waals surface area contributed by atoms with Crippen molar-refractivity contribution in [1.29, 1.82) is 0 Å². The Kier molecular flexibility index (Phi) is 9.02. The summed E-state index contributed by atoms with van der Waals surface area (Å²) in [5.41, 5.74) is 0. The van der Waals surface area contributed by atoms with Crippen LogP contribution in [0.5, 0.6) is 5.75 Å². The summed E-state index contributed by atoms with van der Waals surface area (Å²) in [4.78, 5) is 22.7. The molecule has 0 amide bonds. The largest absolute Gasteiger partial charge is 0.491 e. The second kappa shape index (κ2) is 11.5. The summed E-state index contributed by atoms with van der Waals surface area (Å²) in [6, 6.07) is 5.44. The molecule has 1 aliphatic rings. The zero-order chi connectivity index (χ0) is 21.2. The normalized spacial score (nSPS) is 23.1. The minimum absolute atomic E-state index is 0.0419. The molecule has 0 aromatic heterocycles. The van der Waals surface area contributed by atoms with Crippen molar-refractivity contribution in [3.8, 4) is 5.75 Å². The van der Waals surface area contributed by atoms with E-state index in [0.717, 1.165) is 0 Å². The van der Waals surface area contributed by atoms with E-state index in [0.29, 0.717) is 25.0 Å². The van der Waals surface area contributed by atoms with Gasteiger partial charge in [0.05, 0.1) is 6.10 Å². The summed E-state index contributed by atoms with van der Waals surface area (Å²) in [5, 5.41) is 28.8. The number of hydrogen-bond donors (Lipinski definition) is 3. The number of aliphatic hydroxyl groups excluding tert-OH is 2. The molecule has 158 valence electrons. The SMILES string of the molecule is O=C(O)CCC/C=C\C[C@H]1[C@@H](O)CC(=O)[C@@H]1/C=C/[C@H](O)COc1ccc(F)cc1. The first-order valence-corrected chi connectivity index (χ1v) is 9.69. The molecule has 1 aliphatic carbocycles. The lowest BCUT2D eigenvalue weighted by atomic mass is 9.90. The first kappa shape index (κ1) is 22.8. The van der Waals surface area contributed by atoms with Gasteiger partial charge in [-0.3, -0.25) is 9.59 Å². The van der Waals surface area contributed by atoms with Crippen molar-refractivity contribution in [2.45, 2.75) is 44.3 Å². The fourth-order valence-electron chi connectivity index (χ4n) is 3.28. The van der Waals surface area contributed by atoms with Gasteiger partial charge < -0.3 is 20.1 Å². The monoisotopic (exact) mass is 406 g/mol.